The Morgan fingerprint density at radius 2 is 1.71 bits per heavy atom. The van der Waals surface area contributed by atoms with Crippen molar-refractivity contribution in [3.8, 4) is 0 Å². The van der Waals surface area contributed by atoms with Crippen LogP contribution in [0.15, 0.2) is 24.3 Å². The molecule has 0 unspecified atom stereocenters. The van der Waals surface area contributed by atoms with Gasteiger partial charge in [0.25, 0.3) is 0 Å². The molecule has 0 radical (unpaired) electrons. The van der Waals surface area contributed by atoms with Crippen LogP contribution in [0.3, 0.4) is 0 Å². The Hall–Kier alpha value is -1.09. The van der Waals surface area contributed by atoms with E-state index in [1.165, 1.54) is 0 Å². The van der Waals surface area contributed by atoms with Crippen LogP contribution in [0, 0.1) is 0 Å². The fourth-order valence-corrected chi connectivity index (χ4v) is 3.45. The van der Waals surface area contributed by atoms with Gasteiger partial charge in [-0.25, -0.2) is 8.42 Å². The molecule has 1 aliphatic heterocycles. The maximum absolute atomic E-state index is 12.1. The first-order valence-electron chi connectivity index (χ1n) is 8.03. The Labute approximate surface area is 145 Å². The van der Waals surface area contributed by atoms with Crippen LogP contribution in [0.1, 0.15) is 27.7 Å². The number of anilines is 1. The van der Waals surface area contributed by atoms with E-state index in [0.29, 0.717) is 12.2 Å². The summed E-state index contributed by atoms with van der Waals surface area (Å²) in [5.74, 6) is 0.0424. The number of hydrogen-bond donors (Lipinski definition) is 1. The second kappa shape index (κ2) is 6.67. The van der Waals surface area contributed by atoms with Crippen LogP contribution in [0.25, 0.3) is 0 Å². The quantitative estimate of drug-likeness (QED) is 0.780. The van der Waals surface area contributed by atoms with Crippen molar-refractivity contribution in [1.82, 2.24) is 4.90 Å². The van der Waals surface area contributed by atoms with Gasteiger partial charge in [0.05, 0.1) is 17.0 Å². The Morgan fingerprint density at radius 3 is 2.25 bits per heavy atom. The Balaban J connectivity index is 2.13. The van der Waals surface area contributed by atoms with Gasteiger partial charge in [-0.2, -0.15) is 0 Å². The summed E-state index contributed by atoms with van der Waals surface area (Å²) in [6, 6.07) is 7.15. The molecule has 1 aliphatic rings. The molecule has 1 aromatic carbocycles. The van der Waals surface area contributed by atoms with Gasteiger partial charge in [-0.05, 0) is 59.4 Å². The standard InChI is InChI=1S/C16H27BN2O4S/c1-15(2)16(3,4)23-17(22-15)13-8-7-9-14(12-13)18-24(20,21)11-10-19(5)6/h7-9,12,18H,10-11H2,1-6H3. The summed E-state index contributed by atoms with van der Waals surface area (Å²) in [6.45, 7) is 8.41. The maximum Gasteiger partial charge on any atom is 0.494 e. The van der Waals surface area contributed by atoms with Crippen LogP contribution in [-0.2, 0) is 19.3 Å². The number of nitrogens with one attached hydrogen (secondary N) is 1. The van der Waals surface area contributed by atoms with E-state index in [4.69, 9.17) is 9.31 Å². The second-order valence-corrected chi connectivity index (χ2v) is 9.28. The summed E-state index contributed by atoms with van der Waals surface area (Å²) < 4.78 is 38.9. The van der Waals surface area contributed by atoms with E-state index < -0.39 is 28.3 Å². The molecule has 8 heteroatoms. The van der Waals surface area contributed by atoms with Crippen LogP contribution in [0.2, 0.25) is 0 Å². The SMILES string of the molecule is CN(C)CCS(=O)(=O)Nc1cccc(B2OC(C)(C)C(C)(C)O2)c1. The first-order valence-corrected chi connectivity index (χ1v) is 9.68. The third-order valence-corrected chi connectivity index (χ3v) is 5.76. The first kappa shape index (κ1) is 19.2. The monoisotopic (exact) mass is 354 g/mol. The number of benzene rings is 1. The molecule has 0 aromatic heterocycles. The average Bonchev–Trinajstić information content (AvgIpc) is 2.65. The largest absolute Gasteiger partial charge is 0.494 e. The molecule has 0 aliphatic carbocycles. The highest BCUT2D eigenvalue weighted by atomic mass is 32.2. The van der Waals surface area contributed by atoms with Crippen molar-refractivity contribution in [3.05, 3.63) is 24.3 Å². The van der Waals surface area contributed by atoms with Crippen LogP contribution in [0.5, 0.6) is 0 Å². The first-order chi connectivity index (χ1) is 10.9. The molecule has 1 aromatic rings. The summed E-state index contributed by atoms with van der Waals surface area (Å²) in [6.07, 6.45) is 0. The summed E-state index contributed by atoms with van der Waals surface area (Å²) >= 11 is 0. The van der Waals surface area contributed by atoms with Crippen molar-refractivity contribution in [2.24, 2.45) is 0 Å². The minimum atomic E-state index is -3.39. The molecule has 0 spiro atoms. The van der Waals surface area contributed by atoms with Crippen LogP contribution < -0.4 is 10.2 Å². The molecule has 1 N–H and O–H groups in total. The molecule has 0 bridgehead atoms. The summed E-state index contributed by atoms with van der Waals surface area (Å²) in [4.78, 5) is 1.83. The van der Waals surface area contributed by atoms with Crippen LogP contribution >= 0.6 is 0 Å². The van der Waals surface area contributed by atoms with Gasteiger partial charge < -0.3 is 14.2 Å². The molecule has 0 amide bonds. The van der Waals surface area contributed by atoms with Gasteiger partial charge in [-0.3, -0.25) is 4.72 Å². The molecule has 2 rings (SSSR count). The molecule has 1 saturated heterocycles. The highest BCUT2D eigenvalue weighted by molar-refractivity contribution is 7.92. The van der Waals surface area contributed by atoms with Crippen molar-refractivity contribution in [3.63, 3.8) is 0 Å². The fourth-order valence-electron chi connectivity index (χ4n) is 2.26. The van der Waals surface area contributed by atoms with Gasteiger partial charge >= 0.3 is 7.12 Å². The molecule has 1 fully saturated rings. The van der Waals surface area contributed by atoms with E-state index in [1.807, 2.05) is 52.8 Å². The van der Waals surface area contributed by atoms with Crippen molar-refractivity contribution in [1.29, 1.82) is 0 Å². The fraction of sp³-hybridized carbons (Fsp3) is 0.625. The lowest BCUT2D eigenvalue weighted by Gasteiger charge is -2.32. The third-order valence-electron chi connectivity index (χ3n) is 4.49. The van der Waals surface area contributed by atoms with E-state index in [9.17, 15) is 8.42 Å². The van der Waals surface area contributed by atoms with Gasteiger partial charge in [-0.15, -0.1) is 0 Å². The van der Waals surface area contributed by atoms with E-state index in [-0.39, 0.29) is 5.75 Å². The Kier molecular flexibility index (Phi) is 5.35. The summed E-state index contributed by atoms with van der Waals surface area (Å²) in [5.41, 5.74) is 0.444. The van der Waals surface area contributed by atoms with Gasteiger partial charge in [-0.1, -0.05) is 12.1 Å². The molecule has 134 valence electrons. The lowest BCUT2D eigenvalue weighted by molar-refractivity contribution is 0.00578. The minimum Gasteiger partial charge on any atom is -0.399 e. The van der Waals surface area contributed by atoms with E-state index in [0.717, 1.165) is 5.46 Å². The van der Waals surface area contributed by atoms with Crippen molar-refractivity contribution >= 4 is 28.3 Å². The van der Waals surface area contributed by atoms with E-state index >= 15 is 0 Å². The minimum absolute atomic E-state index is 0.0424. The molecule has 0 saturated carbocycles. The zero-order valence-electron chi connectivity index (χ0n) is 15.3. The highest BCUT2D eigenvalue weighted by Crippen LogP contribution is 2.36. The molecule has 6 nitrogen and oxygen atoms in total. The summed E-state index contributed by atoms with van der Waals surface area (Å²) in [5, 5.41) is 0. The molecule has 1 heterocycles. The number of sulfonamides is 1. The number of nitrogens with zero attached hydrogens (tertiary/aromatic N) is 1. The normalized spacial score (nSPS) is 19.7. The van der Waals surface area contributed by atoms with E-state index in [1.54, 1.807) is 18.2 Å². The molecular formula is C16H27BN2O4S. The lowest BCUT2D eigenvalue weighted by Crippen LogP contribution is -2.41. The van der Waals surface area contributed by atoms with Gasteiger partial charge in [0.2, 0.25) is 10.0 Å². The summed E-state index contributed by atoms with van der Waals surface area (Å²) in [7, 11) is -0.218. The topological polar surface area (TPSA) is 67.9 Å². The third kappa shape index (κ3) is 4.50. The smallest absolute Gasteiger partial charge is 0.399 e. The predicted octanol–water partition coefficient (Wildman–Crippen LogP) is 1.29. The highest BCUT2D eigenvalue weighted by Gasteiger charge is 2.51. The Morgan fingerprint density at radius 1 is 1.12 bits per heavy atom. The number of hydrogen-bond acceptors (Lipinski definition) is 5. The van der Waals surface area contributed by atoms with Crippen LogP contribution in [0.4, 0.5) is 5.69 Å². The van der Waals surface area contributed by atoms with Crippen molar-refractivity contribution in [2.45, 2.75) is 38.9 Å². The maximum atomic E-state index is 12.1. The van der Waals surface area contributed by atoms with Gasteiger partial charge in [0.15, 0.2) is 0 Å². The average molecular weight is 354 g/mol. The predicted molar refractivity (Wildman–Crippen MR) is 98.1 cm³/mol. The van der Waals surface area contributed by atoms with Gasteiger partial charge in [0, 0.05) is 12.2 Å². The second-order valence-electron chi connectivity index (χ2n) is 7.44. The molecule has 24 heavy (non-hydrogen) atoms. The van der Waals surface area contributed by atoms with E-state index in [2.05, 4.69) is 4.72 Å². The lowest BCUT2D eigenvalue weighted by atomic mass is 9.79. The zero-order chi connectivity index (χ0) is 18.2. The molecular weight excluding hydrogens is 327 g/mol. The Bertz CT molecular complexity index is 673. The van der Waals surface area contributed by atoms with Crippen LogP contribution in [-0.4, -0.2) is 58.0 Å². The van der Waals surface area contributed by atoms with Gasteiger partial charge in [0.1, 0.15) is 0 Å². The zero-order valence-corrected chi connectivity index (χ0v) is 16.1. The van der Waals surface area contributed by atoms with Crippen molar-refractivity contribution < 1.29 is 17.7 Å². The van der Waals surface area contributed by atoms with Crippen molar-refractivity contribution in [2.75, 3.05) is 31.1 Å². The number of rotatable bonds is 6. The molecule has 0 atom stereocenters.